The Bertz CT molecular complexity index is 284. The van der Waals surface area contributed by atoms with Crippen molar-refractivity contribution in [2.45, 2.75) is 37.4 Å². The van der Waals surface area contributed by atoms with Crippen molar-refractivity contribution in [1.29, 1.82) is 0 Å². The number of aliphatic hydroxyl groups excluding tert-OH is 3. The van der Waals surface area contributed by atoms with E-state index in [0.29, 0.717) is 0 Å². The van der Waals surface area contributed by atoms with Crippen molar-refractivity contribution in [3.05, 3.63) is 0 Å². The molecule has 0 aromatic carbocycles. The van der Waals surface area contributed by atoms with Crippen molar-refractivity contribution in [2.75, 3.05) is 6.54 Å². The summed E-state index contributed by atoms with van der Waals surface area (Å²) in [7, 11) is -3.90. The molecule has 1 saturated heterocycles. The van der Waals surface area contributed by atoms with Gasteiger partial charge in [-0.05, 0) is 6.92 Å². The molecule has 0 saturated carbocycles. The molecule has 0 radical (unpaired) electrons. The standard InChI is InChI=1S/C7H17N2O6P/c1-3-5(10)7(12)6(11)4(15-3)2-9-16(8,13)14/h3-7,10-12H,2H2,1H3,(H4,8,9,13,14)/t3?,4-,5-,6-,7-/m1/s1. The van der Waals surface area contributed by atoms with Gasteiger partial charge in [-0.25, -0.2) is 10.6 Å². The maximum absolute atomic E-state index is 10.8. The van der Waals surface area contributed by atoms with Gasteiger partial charge in [0.1, 0.15) is 18.3 Å². The normalized spacial score (nSPS) is 44.0. The molecule has 0 bridgehead atoms. The molecule has 8 nitrogen and oxygen atoms in total. The molecule has 1 aliphatic heterocycles. The minimum Gasteiger partial charge on any atom is -0.388 e. The van der Waals surface area contributed by atoms with E-state index in [1.165, 1.54) is 6.92 Å². The van der Waals surface area contributed by atoms with Crippen LogP contribution in [0.5, 0.6) is 0 Å². The van der Waals surface area contributed by atoms with Crippen molar-refractivity contribution < 1.29 is 29.5 Å². The minimum atomic E-state index is -3.90. The molecule has 16 heavy (non-hydrogen) atoms. The summed E-state index contributed by atoms with van der Waals surface area (Å²) in [5, 5.41) is 30.4. The van der Waals surface area contributed by atoms with Crippen LogP contribution in [0.2, 0.25) is 0 Å². The van der Waals surface area contributed by atoms with Gasteiger partial charge in [-0.1, -0.05) is 0 Å². The average Bonchev–Trinajstić information content (AvgIpc) is 2.17. The molecule has 96 valence electrons. The minimum absolute atomic E-state index is 0.195. The van der Waals surface area contributed by atoms with E-state index < -0.39 is 38.2 Å². The van der Waals surface area contributed by atoms with E-state index in [1.54, 1.807) is 0 Å². The monoisotopic (exact) mass is 256 g/mol. The zero-order valence-corrected chi connectivity index (χ0v) is 9.62. The predicted molar refractivity (Wildman–Crippen MR) is 54.4 cm³/mol. The number of aliphatic hydroxyl groups is 3. The Morgan fingerprint density at radius 1 is 1.31 bits per heavy atom. The van der Waals surface area contributed by atoms with Crippen molar-refractivity contribution in [2.24, 2.45) is 5.50 Å². The molecule has 2 unspecified atom stereocenters. The van der Waals surface area contributed by atoms with Gasteiger partial charge in [0.25, 0.3) is 0 Å². The fourth-order valence-corrected chi connectivity index (χ4v) is 1.97. The van der Waals surface area contributed by atoms with Crippen molar-refractivity contribution in [1.82, 2.24) is 5.09 Å². The van der Waals surface area contributed by atoms with Crippen LogP contribution >= 0.6 is 7.67 Å². The number of nitrogens with one attached hydrogen (secondary N) is 1. The summed E-state index contributed by atoms with van der Waals surface area (Å²) in [5.74, 6) is 0. The summed E-state index contributed by atoms with van der Waals surface area (Å²) in [6, 6.07) is 0. The number of hydrogen-bond acceptors (Lipinski definition) is 5. The van der Waals surface area contributed by atoms with E-state index in [9.17, 15) is 19.9 Å². The summed E-state index contributed by atoms with van der Waals surface area (Å²) < 4.78 is 15.9. The molecule has 0 aliphatic carbocycles. The first-order valence-corrected chi connectivity index (χ1v) is 6.51. The Kier molecular flexibility index (Phi) is 4.44. The zero-order valence-electron chi connectivity index (χ0n) is 8.72. The van der Waals surface area contributed by atoms with Crippen LogP contribution < -0.4 is 10.6 Å². The Balaban J connectivity index is 2.57. The quantitative estimate of drug-likeness (QED) is 0.304. The summed E-state index contributed by atoms with van der Waals surface area (Å²) in [5.41, 5.74) is 4.85. The van der Waals surface area contributed by atoms with Crippen LogP contribution in [0.4, 0.5) is 0 Å². The lowest BCUT2D eigenvalue weighted by Gasteiger charge is -2.39. The van der Waals surface area contributed by atoms with Gasteiger partial charge in [-0.15, -0.1) is 0 Å². The molecule has 1 heterocycles. The van der Waals surface area contributed by atoms with E-state index in [1.807, 2.05) is 0 Å². The number of ether oxygens (including phenoxy) is 1. The van der Waals surface area contributed by atoms with Gasteiger partial charge >= 0.3 is 7.67 Å². The van der Waals surface area contributed by atoms with Crippen LogP contribution in [0.15, 0.2) is 0 Å². The molecular weight excluding hydrogens is 239 g/mol. The van der Waals surface area contributed by atoms with E-state index in [4.69, 9.17) is 15.1 Å². The summed E-state index contributed by atoms with van der Waals surface area (Å²) >= 11 is 0. The zero-order chi connectivity index (χ0) is 12.5. The van der Waals surface area contributed by atoms with Crippen LogP contribution in [-0.4, -0.2) is 57.3 Å². The second-order valence-corrected chi connectivity index (χ2v) is 5.40. The Morgan fingerprint density at radius 3 is 2.38 bits per heavy atom. The first-order valence-electron chi connectivity index (χ1n) is 4.78. The van der Waals surface area contributed by atoms with Crippen LogP contribution in [-0.2, 0) is 9.30 Å². The molecule has 1 aliphatic rings. The van der Waals surface area contributed by atoms with E-state index in [2.05, 4.69) is 5.09 Å². The third-order valence-electron chi connectivity index (χ3n) is 2.47. The highest BCUT2D eigenvalue weighted by atomic mass is 31.2. The van der Waals surface area contributed by atoms with E-state index in [-0.39, 0.29) is 6.54 Å². The highest BCUT2D eigenvalue weighted by Crippen LogP contribution is 2.25. The number of rotatable bonds is 3. The molecule has 7 N–H and O–H groups in total. The SMILES string of the molecule is CC1O[C@H](CNP(N)(=O)O)[C@@H](O)[C@H](O)[C@@H]1O. The molecular formula is C7H17N2O6P. The maximum atomic E-state index is 10.8. The molecule has 1 fully saturated rings. The first-order chi connectivity index (χ1) is 7.22. The second-order valence-electron chi connectivity index (χ2n) is 3.84. The third kappa shape index (κ3) is 3.47. The van der Waals surface area contributed by atoms with Gasteiger partial charge < -0.3 is 24.9 Å². The molecule has 6 atom stereocenters. The van der Waals surface area contributed by atoms with Crippen molar-refractivity contribution in [3.8, 4) is 0 Å². The summed E-state index contributed by atoms with van der Waals surface area (Å²) in [6.07, 6.45) is -5.47. The topological polar surface area (TPSA) is 145 Å². The van der Waals surface area contributed by atoms with Gasteiger partial charge in [0, 0.05) is 6.54 Å². The lowest BCUT2D eigenvalue weighted by Crippen LogP contribution is -2.58. The van der Waals surface area contributed by atoms with Crippen LogP contribution in [0.1, 0.15) is 6.92 Å². The highest BCUT2D eigenvalue weighted by Gasteiger charge is 2.41. The fraction of sp³-hybridized carbons (Fsp3) is 1.00. The molecule has 1 rings (SSSR count). The van der Waals surface area contributed by atoms with Crippen LogP contribution in [0.25, 0.3) is 0 Å². The second kappa shape index (κ2) is 5.07. The predicted octanol–water partition coefficient (Wildman–Crippen LogP) is -2.49. The van der Waals surface area contributed by atoms with Crippen LogP contribution in [0, 0.1) is 0 Å². The third-order valence-corrected chi connectivity index (χ3v) is 3.11. The lowest BCUT2D eigenvalue weighted by atomic mass is 9.96. The van der Waals surface area contributed by atoms with Gasteiger partial charge in [0.05, 0.1) is 12.2 Å². The molecule has 0 aromatic heterocycles. The van der Waals surface area contributed by atoms with Crippen LogP contribution in [0.3, 0.4) is 0 Å². The number of nitrogens with two attached hydrogens (primary N) is 1. The van der Waals surface area contributed by atoms with Crippen molar-refractivity contribution in [3.63, 3.8) is 0 Å². The molecule has 0 aromatic rings. The lowest BCUT2D eigenvalue weighted by molar-refractivity contribution is -0.214. The van der Waals surface area contributed by atoms with Gasteiger partial charge in [-0.2, -0.15) is 0 Å². The Labute approximate surface area is 92.6 Å². The summed E-state index contributed by atoms with van der Waals surface area (Å²) in [6.45, 7) is 1.33. The average molecular weight is 256 g/mol. The molecule has 9 heteroatoms. The van der Waals surface area contributed by atoms with E-state index >= 15 is 0 Å². The summed E-state index contributed by atoms with van der Waals surface area (Å²) in [4.78, 5) is 8.79. The van der Waals surface area contributed by atoms with Gasteiger partial charge in [0.2, 0.25) is 0 Å². The molecule has 0 spiro atoms. The Hall–Kier alpha value is -0.0500. The molecule has 0 amide bonds. The maximum Gasteiger partial charge on any atom is 0.335 e. The van der Waals surface area contributed by atoms with E-state index in [0.717, 1.165) is 0 Å². The smallest absolute Gasteiger partial charge is 0.335 e. The number of hydrogen-bond donors (Lipinski definition) is 6. The first kappa shape index (κ1) is 14.0. The fourth-order valence-electron chi connectivity index (χ4n) is 1.53. The van der Waals surface area contributed by atoms with Gasteiger partial charge in [-0.3, -0.25) is 4.57 Å². The highest BCUT2D eigenvalue weighted by molar-refractivity contribution is 7.53. The Morgan fingerprint density at radius 2 is 1.88 bits per heavy atom. The van der Waals surface area contributed by atoms with Crippen molar-refractivity contribution >= 4 is 7.67 Å². The van der Waals surface area contributed by atoms with Gasteiger partial charge in [0.15, 0.2) is 0 Å². The largest absolute Gasteiger partial charge is 0.388 e.